The Kier molecular flexibility index (Phi) is 5.35. The summed E-state index contributed by atoms with van der Waals surface area (Å²) in [4.78, 5) is 29.4. The lowest BCUT2D eigenvalue weighted by Gasteiger charge is -2.35. The molecule has 8 heteroatoms. The molecule has 1 aromatic heterocycles. The number of aromatic nitrogens is 1. The Morgan fingerprint density at radius 1 is 1.50 bits per heavy atom. The second kappa shape index (κ2) is 7.48. The number of carbonyl (C=O) groups is 1. The van der Waals surface area contributed by atoms with Gasteiger partial charge in [0.25, 0.3) is 5.69 Å². The highest BCUT2D eigenvalue weighted by molar-refractivity contribution is 8.01. The molecule has 0 aliphatic carbocycles. The predicted molar refractivity (Wildman–Crippen MR) is 96.6 cm³/mol. The topological polar surface area (TPSA) is 76.3 Å². The van der Waals surface area contributed by atoms with E-state index in [2.05, 4.69) is 11.9 Å². The van der Waals surface area contributed by atoms with Gasteiger partial charge in [-0.2, -0.15) is 0 Å². The summed E-state index contributed by atoms with van der Waals surface area (Å²) in [5.74, 6) is 0.537. The molecular weight excluding hydrogens is 346 g/mol. The second-order valence-corrected chi connectivity index (χ2v) is 8.08. The van der Waals surface area contributed by atoms with Gasteiger partial charge < -0.3 is 4.90 Å². The fourth-order valence-corrected chi connectivity index (χ4v) is 5.01. The Bertz CT molecular complexity index is 762. The number of rotatable bonds is 5. The number of nitro groups is 1. The lowest BCUT2D eigenvalue weighted by molar-refractivity contribution is -0.384. The summed E-state index contributed by atoms with van der Waals surface area (Å²) in [5, 5.41) is 10.8. The van der Waals surface area contributed by atoms with E-state index in [4.69, 9.17) is 0 Å². The van der Waals surface area contributed by atoms with Crippen LogP contribution in [0.4, 0.5) is 5.69 Å². The van der Waals surface area contributed by atoms with Crippen LogP contribution in [0.5, 0.6) is 0 Å². The number of hydrogen-bond donors (Lipinski definition) is 0. The van der Waals surface area contributed by atoms with Crippen LogP contribution in [0.3, 0.4) is 0 Å². The number of benzene rings is 1. The zero-order chi connectivity index (χ0) is 17.1. The molecular formula is C16H19N3O3S2. The first kappa shape index (κ1) is 17.2. The molecule has 0 N–H and O–H groups in total. The van der Waals surface area contributed by atoms with Gasteiger partial charge in [-0.05, 0) is 31.7 Å². The van der Waals surface area contributed by atoms with Crippen LogP contribution >= 0.6 is 23.1 Å². The third-order valence-corrected chi connectivity index (χ3v) is 6.45. The minimum Gasteiger partial charge on any atom is -0.339 e. The molecule has 1 aromatic carbocycles. The molecule has 0 spiro atoms. The van der Waals surface area contributed by atoms with E-state index in [1.807, 2.05) is 4.90 Å². The molecule has 1 saturated heterocycles. The van der Waals surface area contributed by atoms with Crippen LogP contribution in [0.1, 0.15) is 32.6 Å². The van der Waals surface area contributed by atoms with Gasteiger partial charge in [-0.3, -0.25) is 14.9 Å². The number of amides is 1. The van der Waals surface area contributed by atoms with E-state index in [0.29, 0.717) is 11.8 Å². The van der Waals surface area contributed by atoms with Crippen molar-refractivity contribution in [2.75, 3.05) is 12.3 Å². The van der Waals surface area contributed by atoms with E-state index < -0.39 is 4.92 Å². The van der Waals surface area contributed by atoms with Crippen LogP contribution in [0.2, 0.25) is 0 Å². The molecule has 1 amide bonds. The largest absolute Gasteiger partial charge is 0.339 e. The highest BCUT2D eigenvalue weighted by Crippen LogP contribution is 2.32. The molecule has 0 radical (unpaired) electrons. The van der Waals surface area contributed by atoms with Crippen LogP contribution in [0, 0.1) is 10.1 Å². The molecule has 6 nitrogen and oxygen atoms in total. The number of thioether (sulfide) groups is 1. The van der Waals surface area contributed by atoms with Crippen molar-refractivity contribution in [2.24, 2.45) is 0 Å². The molecule has 1 unspecified atom stereocenters. The molecule has 2 aromatic rings. The number of fused-ring (bicyclic) bond motifs is 1. The lowest BCUT2D eigenvalue weighted by Crippen LogP contribution is -2.44. The monoisotopic (exact) mass is 365 g/mol. The summed E-state index contributed by atoms with van der Waals surface area (Å²) in [6, 6.07) is 5.02. The van der Waals surface area contributed by atoms with Crippen LogP contribution in [0.25, 0.3) is 10.2 Å². The summed E-state index contributed by atoms with van der Waals surface area (Å²) >= 11 is 2.82. The number of hydrogen-bond acceptors (Lipinski definition) is 6. The van der Waals surface area contributed by atoms with Crippen LogP contribution < -0.4 is 0 Å². The Balaban J connectivity index is 1.66. The molecule has 0 saturated carbocycles. The Hall–Kier alpha value is -1.67. The number of likely N-dealkylation sites (tertiary alicyclic amines) is 1. The molecule has 1 aliphatic heterocycles. The number of carbonyl (C=O) groups excluding carboxylic acids is 1. The van der Waals surface area contributed by atoms with Crippen molar-refractivity contribution in [1.82, 2.24) is 9.88 Å². The first-order valence-corrected chi connectivity index (χ1v) is 9.86. The van der Waals surface area contributed by atoms with Crippen LogP contribution in [-0.2, 0) is 4.79 Å². The molecule has 0 bridgehead atoms. The average molecular weight is 365 g/mol. The van der Waals surface area contributed by atoms with Gasteiger partial charge >= 0.3 is 0 Å². The Labute approximate surface area is 148 Å². The summed E-state index contributed by atoms with van der Waals surface area (Å²) in [6.45, 7) is 2.98. The van der Waals surface area contributed by atoms with Crippen LogP contribution in [-0.4, -0.2) is 39.1 Å². The minimum atomic E-state index is -0.406. The number of nitrogens with zero attached hydrogens (tertiary/aromatic N) is 3. The molecule has 1 atom stereocenters. The van der Waals surface area contributed by atoms with Gasteiger partial charge in [-0.15, -0.1) is 11.3 Å². The fourth-order valence-electron chi connectivity index (χ4n) is 3.03. The van der Waals surface area contributed by atoms with E-state index in [9.17, 15) is 14.9 Å². The first-order chi connectivity index (χ1) is 11.6. The van der Waals surface area contributed by atoms with Crippen molar-refractivity contribution < 1.29 is 9.72 Å². The van der Waals surface area contributed by atoms with Gasteiger partial charge in [0.1, 0.15) is 0 Å². The van der Waals surface area contributed by atoms with E-state index >= 15 is 0 Å². The summed E-state index contributed by atoms with van der Waals surface area (Å²) in [6.07, 6.45) is 4.38. The lowest BCUT2D eigenvalue weighted by atomic mass is 10.0. The SMILES string of the molecule is CCC1CCCCN1C(=O)CSc1nc2ccc([N+](=O)[O-])cc2s1. The maximum absolute atomic E-state index is 12.5. The predicted octanol–water partition coefficient (Wildman–Crippen LogP) is 4.09. The third kappa shape index (κ3) is 3.70. The number of piperidine rings is 1. The minimum absolute atomic E-state index is 0.0675. The Morgan fingerprint density at radius 3 is 3.08 bits per heavy atom. The van der Waals surface area contributed by atoms with Crippen molar-refractivity contribution in [3.63, 3.8) is 0 Å². The Morgan fingerprint density at radius 2 is 2.33 bits per heavy atom. The summed E-state index contributed by atoms with van der Waals surface area (Å²) in [7, 11) is 0. The molecule has 3 rings (SSSR count). The average Bonchev–Trinajstić information content (AvgIpc) is 3.01. The zero-order valence-corrected chi connectivity index (χ0v) is 15.1. The van der Waals surface area contributed by atoms with Crippen molar-refractivity contribution in [1.29, 1.82) is 0 Å². The smallest absolute Gasteiger partial charge is 0.270 e. The third-order valence-electron chi connectivity index (χ3n) is 4.30. The zero-order valence-electron chi connectivity index (χ0n) is 13.4. The summed E-state index contributed by atoms with van der Waals surface area (Å²) in [5.41, 5.74) is 0.808. The fraction of sp³-hybridized carbons (Fsp3) is 0.500. The second-order valence-electron chi connectivity index (χ2n) is 5.82. The molecule has 24 heavy (non-hydrogen) atoms. The van der Waals surface area contributed by atoms with Crippen LogP contribution in [0.15, 0.2) is 22.5 Å². The molecule has 1 fully saturated rings. The van der Waals surface area contributed by atoms with Crippen molar-refractivity contribution >= 4 is 44.9 Å². The highest BCUT2D eigenvalue weighted by atomic mass is 32.2. The van der Waals surface area contributed by atoms with E-state index in [0.717, 1.165) is 40.4 Å². The molecule has 128 valence electrons. The van der Waals surface area contributed by atoms with E-state index in [1.54, 1.807) is 6.07 Å². The maximum Gasteiger partial charge on any atom is 0.270 e. The number of non-ortho nitro benzene ring substituents is 1. The van der Waals surface area contributed by atoms with Gasteiger partial charge in [0.15, 0.2) is 4.34 Å². The van der Waals surface area contributed by atoms with Gasteiger partial charge in [-0.25, -0.2) is 4.98 Å². The maximum atomic E-state index is 12.5. The van der Waals surface area contributed by atoms with Gasteiger partial charge in [-0.1, -0.05) is 18.7 Å². The standard InChI is InChI=1S/C16H19N3O3S2/c1-2-11-5-3-4-8-18(11)15(20)10-23-16-17-13-7-6-12(19(21)22)9-14(13)24-16/h6-7,9,11H,2-5,8,10H2,1H3. The first-order valence-electron chi connectivity index (χ1n) is 8.05. The van der Waals surface area contributed by atoms with E-state index in [1.165, 1.54) is 41.7 Å². The van der Waals surface area contributed by atoms with Crippen molar-refractivity contribution in [2.45, 2.75) is 43.0 Å². The van der Waals surface area contributed by atoms with Gasteiger partial charge in [0.2, 0.25) is 5.91 Å². The normalized spacial score (nSPS) is 18.0. The van der Waals surface area contributed by atoms with Gasteiger partial charge in [0, 0.05) is 24.7 Å². The quantitative estimate of drug-likeness (QED) is 0.453. The number of thiazole rings is 1. The summed E-state index contributed by atoms with van der Waals surface area (Å²) < 4.78 is 1.56. The van der Waals surface area contributed by atoms with Crippen molar-refractivity contribution in [3.8, 4) is 0 Å². The number of nitro benzene ring substituents is 1. The van der Waals surface area contributed by atoms with E-state index in [-0.39, 0.29) is 11.6 Å². The van der Waals surface area contributed by atoms with Gasteiger partial charge in [0.05, 0.1) is 20.9 Å². The molecule has 1 aliphatic rings. The van der Waals surface area contributed by atoms with Crippen molar-refractivity contribution in [3.05, 3.63) is 28.3 Å². The highest BCUT2D eigenvalue weighted by Gasteiger charge is 2.25. The molecule has 2 heterocycles.